The lowest BCUT2D eigenvalue weighted by Crippen LogP contribution is -2.37. The van der Waals surface area contributed by atoms with Crippen LogP contribution >= 0.6 is 0 Å². The van der Waals surface area contributed by atoms with Gasteiger partial charge in [0.2, 0.25) is 0 Å². The van der Waals surface area contributed by atoms with Crippen LogP contribution in [0.5, 0.6) is 0 Å². The SMILES string of the molecule is Cc1ccc(NC(=O)N2CC=C(c3ccc4[nH]cc(C[C@H]5CCCN5C)c4c3)CC2)cc1. The molecule has 0 aliphatic carbocycles. The Kier molecular flexibility index (Phi) is 5.75. The van der Waals surface area contributed by atoms with Crippen molar-refractivity contribution < 1.29 is 4.79 Å². The van der Waals surface area contributed by atoms with Crippen molar-refractivity contribution in [2.24, 2.45) is 0 Å². The average molecular weight is 429 g/mol. The maximum absolute atomic E-state index is 12.6. The van der Waals surface area contributed by atoms with Gasteiger partial charge in [-0.3, -0.25) is 0 Å². The fourth-order valence-electron chi connectivity index (χ4n) is 4.99. The molecule has 3 heterocycles. The van der Waals surface area contributed by atoms with Gasteiger partial charge in [0, 0.05) is 41.9 Å². The zero-order chi connectivity index (χ0) is 22.1. The molecular weight excluding hydrogens is 396 g/mol. The Hall–Kier alpha value is -3.05. The number of nitrogens with zero attached hydrogens (tertiary/aromatic N) is 2. The number of amides is 2. The Morgan fingerprint density at radius 3 is 2.72 bits per heavy atom. The van der Waals surface area contributed by atoms with Gasteiger partial charge in [0.1, 0.15) is 0 Å². The summed E-state index contributed by atoms with van der Waals surface area (Å²) in [6.07, 6.45) is 8.96. The Morgan fingerprint density at radius 1 is 1.16 bits per heavy atom. The molecule has 3 aromatic rings. The third-order valence-corrected chi connectivity index (χ3v) is 7.06. The maximum Gasteiger partial charge on any atom is 0.322 e. The van der Waals surface area contributed by atoms with Crippen LogP contribution in [0, 0.1) is 6.92 Å². The predicted molar refractivity (Wildman–Crippen MR) is 132 cm³/mol. The highest BCUT2D eigenvalue weighted by Crippen LogP contribution is 2.29. The number of anilines is 1. The van der Waals surface area contributed by atoms with Crippen molar-refractivity contribution in [3.05, 3.63) is 71.4 Å². The number of urea groups is 1. The number of carbonyl (C=O) groups excluding carboxylic acids is 1. The van der Waals surface area contributed by atoms with Crippen LogP contribution in [0.15, 0.2) is 54.7 Å². The van der Waals surface area contributed by atoms with Crippen LogP contribution in [0.2, 0.25) is 0 Å². The standard InChI is InChI=1S/C27H32N4O/c1-19-5-8-23(9-6-19)29-27(32)31-14-11-20(12-15-31)21-7-10-26-25(17-21)22(18-28-26)16-24-4-3-13-30(24)2/h5-11,17-18,24,28H,3-4,12-16H2,1-2H3,(H,29,32)/t24-/m1/s1. The summed E-state index contributed by atoms with van der Waals surface area (Å²) in [5.41, 5.74) is 7.25. The van der Waals surface area contributed by atoms with E-state index in [1.165, 1.54) is 52.6 Å². The summed E-state index contributed by atoms with van der Waals surface area (Å²) in [5, 5.41) is 4.35. The summed E-state index contributed by atoms with van der Waals surface area (Å²) in [6, 6.07) is 15.3. The van der Waals surface area contributed by atoms with E-state index in [4.69, 9.17) is 0 Å². The number of carbonyl (C=O) groups is 1. The van der Waals surface area contributed by atoms with Gasteiger partial charge in [-0.2, -0.15) is 0 Å². The predicted octanol–water partition coefficient (Wildman–Crippen LogP) is 5.43. The lowest BCUT2D eigenvalue weighted by atomic mass is 9.96. The van der Waals surface area contributed by atoms with Crippen molar-refractivity contribution >= 4 is 28.2 Å². The van der Waals surface area contributed by atoms with Gasteiger partial charge in [0.05, 0.1) is 0 Å². The van der Waals surface area contributed by atoms with Crippen molar-refractivity contribution in [3.8, 4) is 0 Å². The Bertz CT molecular complexity index is 1140. The molecule has 1 atom stereocenters. The largest absolute Gasteiger partial charge is 0.361 e. The second-order valence-electron chi connectivity index (χ2n) is 9.28. The van der Waals surface area contributed by atoms with Crippen LogP contribution in [-0.4, -0.2) is 53.5 Å². The maximum atomic E-state index is 12.6. The minimum Gasteiger partial charge on any atom is -0.361 e. The number of likely N-dealkylation sites (N-methyl/N-ethyl adjacent to an activating group) is 1. The Morgan fingerprint density at radius 2 is 2.00 bits per heavy atom. The fraction of sp³-hybridized carbons (Fsp3) is 0.370. The molecule has 0 spiro atoms. The summed E-state index contributed by atoms with van der Waals surface area (Å²) in [6.45, 7) is 4.62. The van der Waals surface area contributed by atoms with E-state index < -0.39 is 0 Å². The monoisotopic (exact) mass is 428 g/mol. The highest BCUT2D eigenvalue weighted by atomic mass is 16.2. The van der Waals surface area contributed by atoms with Gasteiger partial charge in [-0.05, 0) is 87.2 Å². The molecule has 166 valence electrons. The van der Waals surface area contributed by atoms with Crippen LogP contribution in [0.4, 0.5) is 10.5 Å². The summed E-state index contributed by atoms with van der Waals surface area (Å²) in [5.74, 6) is 0. The van der Waals surface area contributed by atoms with Gasteiger partial charge in [-0.25, -0.2) is 4.79 Å². The molecule has 0 saturated carbocycles. The molecule has 5 rings (SSSR count). The molecule has 2 aliphatic rings. The molecule has 1 fully saturated rings. The van der Waals surface area contributed by atoms with Crippen molar-refractivity contribution in [2.45, 2.75) is 38.6 Å². The van der Waals surface area contributed by atoms with Crippen LogP contribution in [0.1, 0.15) is 36.0 Å². The molecule has 2 aliphatic heterocycles. The number of aryl methyl sites for hydroxylation is 1. The molecular formula is C27H32N4O. The van der Waals surface area contributed by atoms with Crippen molar-refractivity contribution in [2.75, 3.05) is 32.0 Å². The van der Waals surface area contributed by atoms with Gasteiger partial charge in [0.15, 0.2) is 0 Å². The van der Waals surface area contributed by atoms with E-state index in [2.05, 4.69) is 52.7 Å². The number of aromatic amines is 1. The number of aromatic nitrogens is 1. The van der Waals surface area contributed by atoms with Gasteiger partial charge < -0.3 is 20.1 Å². The van der Waals surface area contributed by atoms with E-state index in [1.54, 1.807) is 0 Å². The first-order valence-corrected chi connectivity index (χ1v) is 11.7. The smallest absolute Gasteiger partial charge is 0.322 e. The van der Waals surface area contributed by atoms with E-state index in [-0.39, 0.29) is 6.03 Å². The van der Waals surface area contributed by atoms with Crippen LogP contribution in [-0.2, 0) is 6.42 Å². The molecule has 0 radical (unpaired) electrons. The van der Waals surface area contributed by atoms with Gasteiger partial charge >= 0.3 is 6.03 Å². The topological polar surface area (TPSA) is 51.4 Å². The van der Waals surface area contributed by atoms with E-state index in [0.29, 0.717) is 12.6 Å². The molecule has 5 heteroatoms. The Labute approximate surface area is 190 Å². The second kappa shape index (κ2) is 8.83. The van der Waals surface area contributed by atoms with Gasteiger partial charge in [-0.1, -0.05) is 29.8 Å². The van der Waals surface area contributed by atoms with Gasteiger partial charge in [0.25, 0.3) is 0 Å². The number of H-pyrrole nitrogens is 1. The van der Waals surface area contributed by atoms with E-state index in [1.807, 2.05) is 36.1 Å². The molecule has 2 N–H and O–H groups in total. The summed E-state index contributed by atoms with van der Waals surface area (Å²) < 4.78 is 0. The van der Waals surface area contributed by atoms with Crippen molar-refractivity contribution in [3.63, 3.8) is 0 Å². The van der Waals surface area contributed by atoms with E-state index in [9.17, 15) is 4.79 Å². The minimum absolute atomic E-state index is 0.0341. The number of likely N-dealkylation sites (tertiary alicyclic amines) is 1. The first kappa shape index (κ1) is 20.8. The molecule has 1 saturated heterocycles. The lowest BCUT2D eigenvalue weighted by molar-refractivity contribution is 0.217. The zero-order valence-electron chi connectivity index (χ0n) is 19.0. The number of nitrogens with one attached hydrogen (secondary N) is 2. The van der Waals surface area contributed by atoms with Crippen molar-refractivity contribution in [1.82, 2.24) is 14.8 Å². The molecule has 2 aromatic carbocycles. The van der Waals surface area contributed by atoms with Crippen LogP contribution in [0.25, 0.3) is 16.5 Å². The molecule has 2 amide bonds. The van der Waals surface area contributed by atoms with Gasteiger partial charge in [-0.15, -0.1) is 0 Å². The first-order valence-electron chi connectivity index (χ1n) is 11.7. The quantitative estimate of drug-likeness (QED) is 0.582. The molecule has 0 bridgehead atoms. The van der Waals surface area contributed by atoms with Crippen LogP contribution in [0.3, 0.4) is 0 Å². The highest BCUT2D eigenvalue weighted by molar-refractivity contribution is 5.91. The molecule has 0 unspecified atom stereocenters. The normalized spacial score (nSPS) is 19.4. The van der Waals surface area contributed by atoms with E-state index >= 15 is 0 Å². The number of benzene rings is 2. The lowest BCUT2D eigenvalue weighted by Gasteiger charge is -2.27. The zero-order valence-corrected chi connectivity index (χ0v) is 19.0. The van der Waals surface area contributed by atoms with E-state index in [0.717, 1.165) is 25.1 Å². The first-order chi connectivity index (χ1) is 15.6. The number of rotatable bonds is 4. The molecule has 5 nitrogen and oxygen atoms in total. The van der Waals surface area contributed by atoms with Crippen LogP contribution < -0.4 is 5.32 Å². The summed E-state index contributed by atoms with van der Waals surface area (Å²) in [7, 11) is 2.24. The van der Waals surface area contributed by atoms with Crippen molar-refractivity contribution in [1.29, 1.82) is 0 Å². The highest BCUT2D eigenvalue weighted by Gasteiger charge is 2.23. The molecule has 1 aromatic heterocycles. The number of hydrogen-bond acceptors (Lipinski definition) is 2. The summed E-state index contributed by atoms with van der Waals surface area (Å²) in [4.78, 5) is 20.5. The third kappa shape index (κ3) is 4.30. The fourth-order valence-corrected chi connectivity index (χ4v) is 4.99. The number of hydrogen-bond donors (Lipinski definition) is 2. The Balaban J connectivity index is 1.28. The summed E-state index contributed by atoms with van der Waals surface area (Å²) >= 11 is 0. The second-order valence-corrected chi connectivity index (χ2v) is 9.28. The minimum atomic E-state index is -0.0341. The average Bonchev–Trinajstić information content (AvgIpc) is 3.41. The molecule has 32 heavy (non-hydrogen) atoms. The number of fused-ring (bicyclic) bond motifs is 1. The third-order valence-electron chi connectivity index (χ3n) is 7.06.